The fourth-order valence-corrected chi connectivity index (χ4v) is 3.27. The Balaban J connectivity index is 0.00000126. The summed E-state index contributed by atoms with van der Waals surface area (Å²) in [5, 5.41) is 1.87. The first-order valence-corrected chi connectivity index (χ1v) is 8.85. The minimum absolute atomic E-state index is 0.235. The molecule has 1 aliphatic rings. The van der Waals surface area contributed by atoms with Crippen molar-refractivity contribution in [2.75, 3.05) is 0 Å². The Bertz CT molecular complexity index is 909. The molecule has 27 heavy (non-hydrogen) atoms. The molecule has 1 unspecified atom stereocenters. The van der Waals surface area contributed by atoms with Crippen LogP contribution in [-0.4, -0.2) is 22.4 Å². The lowest BCUT2D eigenvalue weighted by Crippen LogP contribution is -2.43. The highest BCUT2D eigenvalue weighted by Gasteiger charge is 2.37. The number of aryl methyl sites for hydroxylation is 1. The monoisotopic (exact) mass is 386 g/mol. The van der Waals surface area contributed by atoms with Gasteiger partial charge in [0.25, 0.3) is 5.91 Å². The maximum Gasteiger partial charge on any atom is 0.256 e. The van der Waals surface area contributed by atoms with Gasteiger partial charge in [-0.25, -0.2) is 17.6 Å². The van der Waals surface area contributed by atoms with Gasteiger partial charge in [-0.05, 0) is 25.0 Å². The van der Waals surface area contributed by atoms with Crippen molar-refractivity contribution in [1.82, 2.24) is 9.88 Å². The van der Waals surface area contributed by atoms with Crippen molar-refractivity contribution >= 4 is 16.8 Å². The van der Waals surface area contributed by atoms with Crippen LogP contribution in [0.25, 0.3) is 10.9 Å². The molecule has 1 heterocycles. The van der Waals surface area contributed by atoms with E-state index in [0.29, 0.717) is 6.42 Å². The Morgan fingerprint density at radius 1 is 1.22 bits per heavy atom. The van der Waals surface area contributed by atoms with Gasteiger partial charge in [-0.2, -0.15) is 0 Å². The molecule has 3 rings (SSSR count). The van der Waals surface area contributed by atoms with Crippen molar-refractivity contribution in [2.45, 2.75) is 51.5 Å². The first kappa shape index (κ1) is 20.9. The topological polar surface area (TPSA) is 51.1 Å². The third-order valence-electron chi connectivity index (χ3n) is 4.44. The molecule has 0 aliphatic heterocycles. The average Bonchev–Trinajstić information content (AvgIpc) is 2.60. The zero-order valence-electron chi connectivity index (χ0n) is 15.4. The SMILES string of the molecule is CC.Cn1cc(C(=O)NC2CCCC(F)(F)C2)c(=O)c2c(F)ccc(F)c21. The van der Waals surface area contributed by atoms with E-state index in [4.69, 9.17) is 0 Å². The van der Waals surface area contributed by atoms with Gasteiger partial charge in [0.15, 0.2) is 0 Å². The maximum atomic E-state index is 14.0. The number of nitrogens with zero attached hydrogens (tertiary/aromatic N) is 1. The average molecular weight is 386 g/mol. The van der Waals surface area contributed by atoms with Crippen LogP contribution in [0.15, 0.2) is 23.1 Å². The number of aromatic nitrogens is 1. The summed E-state index contributed by atoms with van der Waals surface area (Å²) in [5.74, 6) is -5.47. The molecular weight excluding hydrogens is 364 g/mol. The predicted molar refractivity (Wildman–Crippen MR) is 95.1 cm³/mol. The summed E-state index contributed by atoms with van der Waals surface area (Å²) in [7, 11) is 1.37. The van der Waals surface area contributed by atoms with Crippen molar-refractivity contribution < 1.29 is 22.4 Å². The number of rotatable bonds is 2. The number of carbonyl (C=O) groups is 1. The summed E-state index contributed by atoms with van der Waals surface area (Å²) >= 11 is 0. The van der Waals surface area contributed by atoms with E-state index in [1.807, 2.05) is 13.8 Å². The van der Waals surface area contributed by atoms with Gasteiger partial charge < -0.3 is 9.88 Å². The summed E-state index contributed by atoms with van der Waals surface area (Å²) in [5.41, 5.74) is -1.63. The zero-order chi connectivity index (χ0) is 20.4. The molecule has 1 fully saturated rings. The summed E-state index contributed by atoms with van der Waals surface area (Å²) in [6.07, 6.45) is 0.979. The third kappa shape index (κ3) is 4.31. The number of hydrogen-bond donors (Lipinski definition) is 1. The quantitative estimate of drug-likeness (QED) is 0.789. The highest BCUT2D eigenvalue weighted by atomic mass is 19.3. The summed E-state index contributed by atoms with van der Waals surface area (Å²) in [6, 6.07) is 0.928. The molecular formula is C19H22F4N2O2. The molecule has 2 aromatic rings. The summed E-state index contributed by atoms with van der Waals surface area (Å²) in [6.45, 7) is 4.00. The third-order valence-corrected chi connectivity index (χ3v) is 4.44. The fraction of sp³-hybridized carbons (Fsp3) is 0.474. The Morgan fingerprint density at radius 3 is 2.48 bits per heavy atom. The molecule has 8 heteroatoms. The number of nitrogens with one attached hydrogen (secondary N) is 1. The number of benzene rings is 1. The first-order chi connectivity index (χ1) is 12.7. The largest absolute Gasteiger partial charge is 0.349 e. The van der Waals surface area contributed by atoms with E-state index >= 15 is 0 Å². The van der Waals surface area contributed by atoms with Crippen LogP contribution in [0.4, 0.5) is 17.6 Å². The van der Waals surface area contributed by atoms with Gasteiger partial charge in [0.05, 0.1) is 10.9 Å². The number of fused-ring (bicyclic) bond motifs is 1. The molecule has 4 nitrogen and oxygen atoms in total. The number of alkyl halides is 2. The molecule has 1 atom stereocenters. The van der Waals surface area contributed by atoms with E-state index in [1.54, 1.807) is 0 Å². The Hall–Kier alpha value is -2.38. The minimum atomic E-state index is -2.86. The molecule has 148 valence electrons. The molecule has 1 amide bonds. The molecule has 0 spiro atoms. The molecule has 1 aromatic carbocycles. The molecule has 1 saturated carbocycles. The Morgan fingerprint density at radius 2 is 1.85 bits per heavy atom. The van der Waals surface area contributed by atoms with Crippen LogP contribution in [-0.2, 0) is 7.05 Å². The molecule has 0 saturated heterocycles. The lowest BCUT2D eigenvalue weighted by Gasteiger charge is -2.29. The van der Waals surface area contributed by atoms with Crippen LogP contribution >= 0.6 is 0 Å². The van der Waals surface area contributed by atoms with Crippen molar-refractivity contribution in [1.29, 1.82) is 0 Å². The second-order valence-electron chi connectivity index (χ2n) is 6.36. The van der Waals surface area contributed by atoms with Crippen LogP contribution < -0.4 is 10.7 Å². The number of amides is 1. The van der Waals surface area contributed by atoms with E-state index in [0.717, 1.165) is 22.9 Å². The molecule has 0 radical (unpaired) electrons. The maximum absolute atomic E-state index is 14.0. The van der Waals surface area contributed by atoms with Crippen LogP contribution in [0.3, 0.4) is 0 Å². The van der Waals surface area contributed by atoms with E-state index in [1.165, 1.54) is 7.05 Å². The van der Waals surface area contributed by atoms with Gasteiger partial charge >= 0.3 is 0 Å². The Labute approximate surface area is 154 Å². The van der Waals surface area contributed by atoms with Gasteiger partial charge in [0.1, 0.15) is 17.2 Å². The number of hydrogen-bond acceptors (Lipinski definition) is 2. The fourth-order valence-electron chi connectivity index (χ4n) is 3.27. The molecule has 1 N–H and O–H groups in total. The van der Waals surface area contributed by atoms with E-state index < -0.39 is 52.3 Å². The van der Waals surface area contributed by atoms with Crippen molar-refractivity contribution in [3.63, 3.8) is 0 Å². The minimum Gasteiger partial charge on any atom is -0.349 e. The smallest absolute Gasteiger partial charge is 0.256 e. The molecule has 1 aliphatic carbocycles. The number of halogens is 4. The van der Waals surface area contributed by atoms with Crippen molar-refractivity contribution in [2.24, 2.45) is 7.05 Å². The van der Waals surface area contributed by atoms with Crippen LogP contribution in [0.2, 0.25) is 0 Å². The van der Waals surface area contributed by atoms with E-state index in [2.05, 4.69) is 5.32 Å². The summed E-state index contributed by atoms with van der Waals surface area (Å²) in [4.78, 5) is 24.8. The van der Waals surface area contributed by atoms with Gasteiger partial charge in [-0.3, -0.25) is 9.59 Å². The molecule has 1 aromatic heterocycles. The first-order valence-electron chi connectivity index (χ1n) is 8.85. The van der Waals surface area contributed by atoms with Crippen LogP contribution in [0.5, 0.6) is 0 Å². The van der Waals surface area contributed by atoms with E-state index in [-0.39, 0.29) is 18.4 Å². The predicted octanol–water partition coefficient (Wildman–Crippen LogP) is 4.15. The van der Waals surface area contributed by atoms with Crippen molar-refractivity contribution in [3.05, 3.63) is 45.8 Å². The second kappa shape index (κ2) is 8.10. The van der Waals surface area contributed by atoms with Crippen molar-refractivity contribution in [3.8, 4) is 0 Å². The highest BCUT2D eigenvalue weighted by Crippen LogP contribution is 2.33. The van der Waals surface area contributed by atoms with Crippen LogP contribution in [0.1, 0.15) is 49.9 Å². The lowest BCUT2D eigenvalue weighted by atomic mass is 9.92. The Kier molecular flexibility index (Phi) is 6.28. The van der Waals surface area contributed by atoms with Gasteiger partial charge in [0.2, 0.25) is 11.4 Å². The zero-order valence-corrected chi connectivity index (χ0v) is 15.4. The van der Waals surface area contributed by atoms with E-state index in [9.17, 15) is 27.2 Å². The lowest BCUT2D eigenvalue weighted by molar-refractivity contribution is -0.0429. The van der Waals surface area contributed by atoms with Crippen LogP contribution in [0, 0.1) is 11.6 Å². The standard InChI is InChI=1S/C17H16F4N2O2.C2H6/c1-23-8-10(15(24)13-11(18)4-5-12(19)14(13)23)16(25)22-9-3-2-6-17(20,21)7-9;1-2/h4-5,8-9H,2-3,6-7H2,1H3,(H,22,25);1-2H3. The number of carbonyl (C=O) groups excluding carboxylic acids is 1. The van der Waals surface area contributed by atoms with Gasteiger partial charge in [0, 0.05) is 32.1 Å². The van der Waals surface area contributed by atoms with Gasteiger partial charge in [-0.1, -0.05) is 13.8 Å². The number of pyridine rings is 1. The normalized spacial score (nSPS) is 18.6. The van der Waals surface area contributed by atoms with Gasteiger partial charge in [-0.15, -0.1) is 0 Å². The summed E-state index contributed by atoms with van der Waals surface area (Å²) < 4.78 is 55.9. The molecule has 0 bridgehead atoms. The second-order valence-corrected chi connectivity index (χ2v) is 6.36. The highest BCUT2D eigenvalue weighted by molar-refractivity contribution is 5.97.